The van der Waals surface area contributed by atoms with Crippen LogP contribution in [-0.2, 0) is 4.74 Å². The number of anilines is 1. The number of ether oxygens (including phenoxy) is 1. The molecule has 1 N–H and O–H groups in total. The van der Waals surface area contributed by atoms with Crippen molar-refractivity contribution in [2.75, 3.05) is 32.6 Å². The first-order chi connectivity index (χ1) is 8.56. The fraction of sp³-hybridized carbons (Fsp3) is 0.500. The van der Waals surface area contributed by atoms with E-state index in [1.807, 2.05) is 0 Å². The Bertz CT molecular complexity index is 412. The molecule has 0 aromatic carbocycles. The summed E-state index contributed by atoms with van der Waals surface area (Å²) in [6.45, 7) is 3.05. The highest BCUT2D eigenvalue weighted by Gasteiger charge is 2.11. The number of aryl methyl sites for hydroxylation is 1. The van der Waals surface area contributed by atoms with E-state index in [2.05, 4.69) is 10.3 Å². The van der Waals surface area contributed by atoms with Crippen molar-refractivity contribution in [3.8, 4) is 0 Å². The van der Waals surface area contributed by atoms with Crippen LogP contribution in [0.4, 0.5) is 10.5 Å². The molecular formula is C12H18ClN3O2. The number of amides is 2. The van der Waals surface area contributed by atoms with E-state index in [9.17, 15) is 4.79 Å². The molecule has 0 saturated carbocycles. The van der Waals surface area contributed by atoms with Crippen LogP contribution in [-0.4, -0.2) is 43.2 Å². The Morgan fingerprint density at radius 2 is 2.33 bits per heavy atom. The number of rotatable bonds is 5. The number of nitrogens with zero attached hydrogens (tertiary/aromatic N) is 2. The number of carbonyl (C=O) groups excluding carboxylic acids is 1. The third-order valence-electron chi connectivity index (χ3n) is 2.49. The Hall–Kier alpha value is -1.33. The summed E-state index contributed by atoms with van der Waals surface area (Å²) in [5.74, 6) is 0. The number of hydrogen-bond acceptors (Lipinski definition) is 3. The summed E-state index contributed by atoms with van der Waals surface area (Å²) in [5, 5.41) is 3.22. The summed E-state index contributed by atoms with van der Waals surface area (Å²) in [4.78, 5) is 17.5. The molecular weight excluding hydrogens is 254 g/mol. The predicted molar refractivity (Wildman–Crippen MR) is 72.1 cm³/mol. The van der Waals surface area contributed by atoms with Gasteiger partial charge in [-0.3, -0.25) is 4.98 Å². The van der Waals surface area contributed by atoms with E-state index in [0.29, 0.717) is 29.6 Å². The van der Waals surface area contributed by atoms with Gasteiger partial charge in [0.25, 0.3) is 0 Å². The Morgan fingerprint density at radius 3 is 3.00 bits per heavy atom. The van der Waals surface area contributed by atoms with E-state index >= 15 is 0 Å². The average molecular weight is 272 g/mol. The number of methoxy groups -OCH3 is 1. The molecule has 1 rings (SSSR count). The van der Waals surface area contributed by atoms with Crippen molar-refractivity contribution in [2.24, 2.45) is 0 Å². The van der Waals surface area contributed by atoms with Crippen LogP contribution in [0.5, 0.6) is 0 Å². The molecule has 0 aliphatic heterocycles. The average Bonchev–Trinajstić information content (AvgIpc) is 2.35. The first-order valence-corrected chi connectivity index (χ1v) is 6.06. The van der Waals surface area contributed by atoms with Crippen molar-refractivity contribution in [2.45, 2.75) is 13.3 Å². The molecule has 0 bridgehead atoms. The highest BCUT2D eigenvalue weighted by Crippen LogP contribution is 2.23. The number of aromatic nitrogens is 1. The van der Waals surface area contributed by atoms with Crippen LogP contribution < -0.4 is 5.32 Å². The van der Waals surface area contributed by atoms with Gasteiger partial charge in [0.2, 0.25) is 0 Å². The Balaban J connectivity index is 2.56. The lowest BCUT2D eigenvalue weighted by molar-refractivity contribution is 0.179. The molecule has 0 fully saturated rings. The fourth-order valence-electron chi connectivity index (χ4n) is 1.40. The molecule has 100 valence electrons. The molecule has 0 radical (unpaired) electrons. The first-order valence-electron chi connectivity index (χ1n) is 5.68. The topological polar surface area (TPSA) is 54.5 Å². The van der Waals surface area contributed by atoms with E-state index in [0.717, 1.165) is 6.42 Å². The van der Waals surface area contributed by atoms with Gasteiger partial charge < -0.3 is 15.0 Å². The lowest BCUT2D eigenvalue weighted by atomic mass is 10.3. The van der Waals surface area contributed by atoms with Gasteiger partial charge in [0.15, 0.2) is 0 Å². The van der Waals surface area contributed by atoms with Crippen LogP contribution in [0.3, 0.4) is 0 Å². The van der Waals surface area contributed by atoms with Crippen LogP contribution in [0, 0.1) is 6.92 Å². The normalized spacial score (nSPS) is 10.2. The van der Waals surface area contributed by atoms with E-state index in [4.69, 9.17) is 16.3 Å². The number of halogens is 1. The SMILES string of the molecule is COCCCN(C)C(=O)Nc1ccnc(C)c1Cl. The van der Waals surface area contributed by atoms with Crippen LogP contribution in [0.1, 0.15) is 12.1 Å². The van der Waals surface area contributed by atoms with Gasteiger partial charge in [-0.2, -0.15) is 0 Å². The van der Waals surface area contributed by atoms with Crippen molar-refractivity contribution in [1.82, 2.24) is 9.88 Å². The minimum Gasteiger partial charge on any atom is -0.385 e. The maximum Gasteiger partial charge on any atom is 0.321 e. The molecule has 0 aliphatic carbocycles. The molecule has 2 amide bonds. The van der Waals surface area contributed by atoms with Gasteiger partial charge in [-0.25, -0.2) is 4.79 Å². The largest absolute Gasteiger partial charge is 0.385 e. The maximum atomic E-state index is 11.9. The summed E-state index contributed by atoms with van der Waals surface area (Å²) in [6, 6.07) is 1.48. The zero-order chi connectivity index (χ0) is 13.5. The summed E-state index contributed by atoms with van der Waals surface area (Å²) in [6.07, 6.45) is 2.41. The second-order valence-electron chi connectivity index (χ2n) is 3.96. The maximum absolute atomic E-state index is 11.9. The van der Waals surface area contributed by atoms with E-state index < -0.39 is 0 Å². The number of carbonyl (C=O) groups is 1. The Labute approximate surface area is 112 Å². The zero-order valence-corrected chi connectivity index (χ0v) is 11.6. The zero-order valence-electron chi connectivity index (χ0n) is 10.9. The van der Waals surface area contributed by atoms with Crippen molar-refractivity contribution in [3.05, 3.63) is 23.0 Å². The lowest BCUT2D eigenvalue weighted by Gasteiger charge is -2.18. The molecule has 1 heterocycles. The van der Waals surface area contributed by atoms with Gasteiger partial charge in [-0.05, 0) is 19.4 Å². The summed E-state index contributed by atoms with van der Waals surface area (Å²) < 4.78 is 4.94. The molecule has 0 spiro atoms. The van der Waals surface area contributed by atoms with Gasteiger partial charge in [-0.1, -0.05) is 11.6 Å². The minimum atomic E-state index is -0.196. The van der Waals surface area contributed by atoms with Gasteiger partial charge in [-0.15, -0.1) is 0 Å². The molecule has 18 heavy (non-hydrogen) atoms. The number of pyridine rings is 1. The second kappa shape index (κ2) is 7.18. The molecule has 0 atom stereocenters. The third-order valence-corrected chi connectivity index (χ3v) is 2.97. The summed E-state index contributed by atoms with van der Waals surface area (Å²) >= 11 is 6.05. The van der Waals surface area contributed by atoms with Gasteiger partial charge in [0, 0.05) is 33.5 Å². The van der Waals surface area contributed by atoms with E-state index in [-0.39, 0.29) is 6.03 Å². The standard InChI is InChI=1S/C12H18ClN3O2/c1-9-11(13)10(5-6-14-9)15-12(17)16(2)7-4-8-18-3/h5-6H,4,7-8H2,1-3H3,(H,14,15,17). The monoisotopic (exact) mass is 271 g/mol. The van der Waals surface area contributed by atoms with E-state index in [1.165, 1.54) is 0 Å². The molecule has 0 aliphatic rings. The van der Waals surface area contributed by atoms with Gasteiger partial charge >= 0.3 is 6.03 Å². The summed E-state index contributed by atoms with van der Waals surface area (Å²) in [7, 11) is 3.37. The quantitative estimate of drug-likeness (QED) is 0.838. The molecule has 0 saturated heterocycles. The number of nitrogens with one attached hydrogen (secondary N) is 1. The predicted octanol–water partition coefficient (Wildman–Crippen LogP) is 2.54. The highest BCUT2D eigenvalue weighted by atomic mass is 35.5. The lowest BCUT2D eigenvalue weighted by Crippen LogP contribution is -2.32. The first kappa shape index (κ1) is 14.7. The third kappa shape index (κ3) is 4.16. The molecule has 1 aromatic heterocycles. The van der Waals surface area contributed by atoms with Crippen molar-refractivity contribution < 1.29 is 9.53 Å². The summed E-state index contributed by atoms with van der Waals surface area (Å²) in [5.41, 5.74) is 1.27. The van der Waals surface area contributed by atoms with Crippen molar-refractivity contribution in [3.63, 3.8) is 0 Å². The number of urea groups is 1. The number of hydrogen-bond donors (Lipinski definition) is 1. The second-order valence-corrected chi connectivity index (χ2v) is 4.33. The van der Waals surface area contributed by atoms with Crippen LogP contribution in [0.15, 0.2) is 12.3 Å². The van der Waals surface area contributed by atoms with Crippen LogP contribution >= 0.6 is 11.6 Å². The van der Waals surface area contributed by atoms with Crippen molar-refractivity contribution >= 4 is 23.3 Å². The molecule has 0 unspecified atom stereocenters. The Kier molecular flexibility index (Phi) is 5.88. The van der Waals surface area contributed by atoms with E-state index in [1.54, 1.807) is 38.2 Å². The molecule has 5 nitrogen and oxygen atoms in total. The minimum absolute atomic E-state index is 0.196. The molecule has 1 aromatic rings. The van der Waals surface area contributed by atoms with Crippen LogP contribution in [0.2, 0.25) is 5.02 Å². The Morgan fingerprint density at radius 1 is 1.61 bits per heavy atom. The van der Waals surface area contributed by atoms with Gasteiger partial charge in [0.05, 0.1) is 16.4 Å². The van der Waals surface area contributed by atoms with Crippen LogP contribution in [0.25, 0.3) is 0 Å². The van der Waals surface area contributed by atoms with Gasteiger partial charge in [0.1, 0.15) is 0 Å². The van der Waals surface area contributed by atoms with Crippen molar-refractivity contribution in [1.29, 1.82) is 0 Å². The molecule has 6 heteroatoms. The highest BCUT2D eigenvalue weighted by molar-refractivity contribution is 6.34. The smallest absolute Gasteiger partial charge is 0.321 e. The fourth-order valence-corrected chi connectivity index (χ4v) is 1.56.